The van der Waals surface area contributed by atoms with Gasteiger partial charge in [-0.2, -0.15) is 0 Å². The van der Waals surface area contributed by atoms with E-state index in [9.17, 15) is 0 Å². The first-order chi connectivity index (χ1) is 9.34. The van der Waals surface area contributed by atoms with Gasteiger partial charge in [-0.05, 0) is 95.6 Å². The van der Waals surface area contributed by atoms with Gasteiger partial charge in [0.05, 0.1) is 6.04 Å². The number of pyridine rings is 1. The van der Waals surface area contributed by atoms with E-state index in [2.05, 4.69) is 55.5 Å². The summed E-state index contributed by atoms with van der Waals surface area (Å²) in [4.78, 5) is 4.23. The minimum Gasteiger partial charge on any atom is -0.320 e. The second-order valence-corrected chi connectivity index (χ2v) is 6.37. The molecule has 1 heterocycles. The molecule has 0 bridgehead atoms. The van der Waals surface area contributed by atoms with Crippen molar-refractivity contribution in [1.82, 2.24) is 4.98 Å². The van der Waals surface area contributed by atoms with Crippen LogP contribution in [0, 0.1) is 34.6 Å². The van der Waals surface area contributed by atoms with Gasteiger partial charge >= 0.3 is 0 Å². The fourth-order valence-corrected chi connectivity index (χ4v) is 3.14. The second-order valence-electron chi connectivity index (χ2n) is 5.45. The topological polar surface area (TPSA) is 38.9 Å². The molecule has 2 nitrogen and oxygen atoms in total. The van der Waals surface area contributed by atoms with E-state index in [0.717, 1.165) is 10.0 Å². The molecule has 0 radical (unpaired) electrons. The molecule has 2 rings (SSSR count). The third-order valence-corrected chi connectivity index (χ3v) is 4.89. The summed E-state index contributed by atoms with van der Waals surface area (Å²) >= 11 is 3.46. The van der Waals surface area contributed by atoms with Gasteiger partial charge in [0, 0.05) is 16.9 Å². The Labute approximate surface area is 129 Å². The zero-order valence-electron chi connectivity index (χ0n) is 12.7. The van der Waals surface area contributed by atoms with Crippen molar-refractivity contribution in [3.63, 3.8) is 0 Å². The molecule has 2 aromatic rings. The minimum atomic E-state index is -0.141. The van der Waals surface area contributed by atoms with Crippen molar-refractivity contribution >= 4 is 15.9 Å². The van der Waals surface area contributed by atoms with Crippen molar-refractivity contribution in [2.75, 3.05) is 0 Å². The number of rotatable bonds is 2. The number of nitrogens with zero attached hydrogens (tertiary/aromatic N) is 1. The van der Waals surface area contributed by atoms with Gasteiger partial charge in [0.2, 0.25) is 0 Å². The van der Waals surface area contributed by atoms with Crippen LogP contribution in [0.2, 0.25) is 0 Å². The number of hydrogen-bond acceptors (Lipinski definition) is 2. The lowest BCUT2D eigenvalue weighted by molar-refractivity contribution is 0.835. The van der Waals surface area contributed by atoms with Gasteiger partial charge in [0.15, 0.2) is 0 Å². The van der Waals surface area contributed by atoms with Crippen LogP contribution in [0.4, 0.5) is 0 Å². The maximum atomic E-state index is 6.51. The summed E-state index contributed by atoms with van der Waals surface area (Å²) in [7, 11) is 0. The minimum absolute atomic E-state index is 0.141. The lowest BCUT2D eigenvalue weighted by Crippen LogP contribution is -2.17. The van der Waals surface area contributed by atoms with Gasteiger partial charge in [-0.1, -0.05) is 0 Å². The molecular formula is C17H21BrN2. The van der Waals surface area contributed by atoms with Crippen LogP contribution in [-0.2, 0) is 0 Å². The van der Waals surface area contributed by atoms with E-state index in [1.54, 1.807) is 6.20 Å². The fourth-order valence-electron chi connectivity index (χ4n) is 2.76. The average Bonchev–Trinajstić information content (AvgIpc) is 2.43. The lowest BCUT2D eigenvalue weighted by Gasteiger charge is -2.23. The fraction of sp³-hybridized carbons (Fsp3) is 0.353. The Hall–Kier alpha value is -1.19. The monoisotopic (exact) mass is 332 g/mol. The highest BCUT2D eigenvalue weighted by Crippen LogP contribution is 2.32. The van der Waals surface area contributed by atoms with E-state index in [1.807, 2.05) is 12.3 Å². The van der Waals surface area contributed by atoms with Crippen molar-refractivity contribution in [2.24, 2.45) is 5.73 Å². The summed E-state index contributed by atoms with van der Waals surface area (Å²) in [6, 6.07) is 1.90. The third-order valence-electron chi connectivity index (χ3n) is 4.45. The third kappa shape index (κ3) is 2.52. The molecule has 1 aromatic carbocycles. The number of nitrogens with two attached hydrogens (primary N) is 1. The normalized spacial score (nSPS) is 12.6. The van der Waals surface area contributed by atoms with E-state index in [-0.39, 0.29) is 6.04 Å². The molecule has 1 aromatic heterocycles. The maximum absolute atomic E-state index is 6.51. The molecule has 2 N–H and O–H groups in total. The van der Waals surface area contributed by atoms with Crippen LogP contribution < -0.4 is 5.73 Å². The van der Waals surface area contributed by atoms with E-state index in [4.69, 9.17) is 5.73 Å². The number of aromatic nitrogens is 1. The van der Waals surface area contributed by atoms with E-state index in [0.29, 0.717) is 0 Å². The van der Waals surface area contributed by atoms with Crippen molar-refractivity contribution in [3.8, 4) is 0 Å². The smallest absolute Gasteiger partial charge is 0.0572 e. The number of hydrogen-bond donors (Lipinski definition) is 1. The Kier molecular flexibility index (Phi) is 4.31. The highest BCUT2D eigenvalue weighted by atomic mass is 79.9. The summed E-state index contributed by atoms with van der Waals surface area (Å²) in [5, 5.41) is 0. The quantitative estimate of drug-likeness (QED) is 0.883. The Bertz CT molecular complexity index is 633. The first-order valence-electron chi connectivity index (χ1n) is 6.77. The highest BCUT2D eigenvalue weighted by Gasteiger charge is 2.19. The number of benzene rings is 1. The Balaban J connectivity index is 2.64. The Morgan fingerprint density at radius 3 is 1.90 bits per heavy atom. The zero-order valence-corrected chi connectivity index (χ0v) is 14.3. The molecule has 0 saturated heterocycles. The SMILES string of the molecule is Cc1c(C)c(C)c(C(N)c2cncc(Br)c2)c(C)c1C. The summed E-state index contributed by atoms with van der Waals surface area (Å²) in [6.07, 6.45) is 3.63. The van der Waals surface area contributed by atoms with Crippen LogP contribution >= 0.6 is 15.9 Å². The van der Waals surface area contributed by atoms with Gasteiger partial charge in [-0.3, -0.25) is 4.98 Å². The molecular weight excluding hydrogens is 312 g/mol. The average molecular weight is 333 g/mol. The molecule has 0 saturated carbocycles. The van der Waals surface area contributed by atoms with Gasteiger partial charge in [0.1, 0.15) is 0 Å². The van der Waals surface area contributed by atoms with Gasteiger partial charge in [-0.15, -0.1) is 0 Å². The van der Waals surface area contributed by atoms with E-state index in [1.165, 1.54) is 33.4 Å². The van der Waals surface area contributed by atoms with Crippen LogP contribution in [0.1, 0.15) is 45.0 Å². The van der Waals surface area contributed by atoms with Crippen LogP contribution in [-0.4, -0.2) is 4.98 Å². The molecule has 0 aliphatic carbocycles. The molecule has 106 valence electrons. The van der Waals surface area contributed by atoms with Crippen LogP contribution in [0.3, 0.4) is 0 Å². The lowest BCUT2D eigenvalue weighted by atomic mass is 9.85. The molecule has 0 fully saturated rings. The molecule has 0 aliphatic heterocycles. The summed E-state index contributed by atoms with van der Waals surface area (Å²) in [5.74, 6) is 0. The molecule has 3 heteroatoms. The van der Waals surface area contributed by atoms with Crippen LogP contribution in [0.15, 0.2) is 22.9 Å². The largest absolute Gasteiger partial charge is 0.320 e. The van der Waals surface area contributed by atoms with E-state index < -0.39 is 0 Å². The predicted molar refractivity (Wildman–Crippen MR) is 88.1 cm³/mol. The molecule has 0 aliphatic rings. The summed E-state index contributed by atoms with van der Waals surface area (Å²) in [6.45, 7) is 10.9. The Morgan fingerprint density at radius 2 is 1.40 bits per heavy atom. The van der Waals surface area contributed by atoms with Crippen LogP contribution in [0.25, 0.3) is 0 Å². The first kappa shape index (κ1) is 15.2. The molecule has 0 amide bonds. The number of halogens is 1. The molecule has 1 atom stereocenters. The first-order valence-corrected chi connectivity index (χ1v) is 7.56. The van der Waals surface area contributed by atoms with Gasteiger partial charge in [0.25, 0.3) is 0 Å². The standard InChI is InChI=1S/C17H21BrN2/c1-9-10(2)12(4)16(13(5)11(9)3)17(19)14-6-15(18)8-20-7-14/h6-8,17H,19H2,1-5H3. The van der Waals surface area contributed by atoms with Crippen molar-refractivity contribution in [2.45, 2.75) is 40.7 Å². The summed E-state index contributed by atoms with van der Waals surface area (Å²) < 4.78 is 0.960. The Morgan fingerprint density at radius 1 is 0.900 bits per heavy atom. The molecule has 0 spiro atoms. The van der Waals surface area contributed by atoms with E-state index >= 15 is 0 Å². The second kappa shape index (κ2) is 5.66. The van der Waals surface area contributed by atoms with Crippen molar-refractivity contribution in [1.29, 1.82) is 0 Å². The van der Waals surface area contributed by atoms with Gasteiger partial charge < -0.3 is 5.73 Å². The predicted octanol–water partition coefficient (Wildman–Crippen LogP) is 4.43. The van der Waals surface area contributed by atoms with Gasteiger partial charge in [-0.25, -0.2) is 0 Å². The maximum Gasteiger partial charge on any atom is 0.0572 e. The summed E-state index contributed by atoms with van der Waals surface area (Å²) in [5.41, 5.74) is 15.4. The molecule has 1 unspecified atom stereocenters. The highest BCUT2D eigenvalue weighted by molar-refractivity contribution is 9.10. The van der Waals surface area contributed by atoms with Crippen molar-refractivity contribution in [3.05, 3.63) is 61.9 Å². The van der Waals surface area contributed by atoms with Crippen LogP contribution in [0.5, 0.6) is 0 Å². The molecule has 20 heavy (non-hydrogen) atoms. The van der Waals surface area contributed by atoms with Crippen molar-refractivity contribution < 1.29 is 0 Å². The zero-order chi connectivity index (χ0) is 15.0.